The Morgan fingerprint density at radius 1 is 1.19 bits per heavy atom. The van der Waals surface area contributed by atoms with Crippen molar-refractivity contribution in [3.63, 3.8) is 0 Å². The first-order chi connectivity index (χ1) is 12.2. The van der Waals surface area contributed by atoms with Crippen molar-refractivity contribution in [2.24, 2.45) is 12.0 Å². The van der Waals surface area contributed by atoms with E-state index < -0.39 is 0 Å². The average molecular weight is 465 g/mol. The largest absolute Gasteiger partial charge is 0.444 e. The molecule has 0 radical (unpaired) electrons. The van der Waals surface area contributed by atoms with E-state index in [2.05, 4.69) is 32.9 Å². The minimum absolute atomic E-state index is 0. The van der Waals surface area contributed by atoms with Crippen LogP contribution >= 0.6 is 24.0 Å². The molecule has 0 unspecified atom stereocenters. The molecular weight excluding hydrogens is 441 g/mol. The molecule has 0 atom stereocenters. The Kier molecular flexibility index (Phi) is 7.71. The molecule has 1 aromatic carbocycles. The van der Waals surface area contributed by atoms with Gasteiger partial charge in [0.25, 0.3) is 0 Å². The van der Waals surface area contributed by atoms with Gasteiger partial charge in [-0.25, -0.2) is 9.98 Å². The van der Waals surface area contributed by atoms with Crippen molar-refractivity contribution in [3.8, 4) is 11.5 Å². The smallest absolute Gasteiger partial charge is 0.226 e. The Morgan fingerprint density at radius 2 is 2.00 bits per heavy atom. The first-order valence-corrected chi connectivity index (χ1v) is 8.37. The lowest BCUT2D eigenvalue weighted by molar-refractivity contribution is 0.572. The summed E-state index contributed by atoms with van der Waals surface area (Å²) < 4.78 is 7.58. The van der Waals surface area contributed by atoms with Gasteiger partial charge in [-0.3, -0.25) is 0 Å². The van der Waals surface area contributed by atoms with Gasteiger partial charge in [0.1, 0.15) is 6.26 Å². The summed E-state index contributed by atoms with van der Waals surface area (Å²) in [5.41, 5.74) is 2.98. The molecule has 0 bridgehead atoms. The molecule has 2 heterocycles. The fourth-order valence-electron chi connectivity index (χ4n) is 2.44. The predicted octanol–water partition coefficient (Wildman–Crippen LogP) is 3.55. The van der Waals surface area contributed by atoms with Gasteiger partial charge in [-0.05, 0) is 30.7 Å². The molecule has 0 aliphatic rings. The monoisotopic (exact) mass is 465 g/mol. The van der Waals surface area contributed by atoms with E-state index in [0.717, 1.165) is 23.8 Å². The van der Waals surface area contributed by atoms with Crippen LogP contribution in [0.2, 0.25) is 0 Å². The average Bonchev–Trinajstić information content (AvgIpc) is 3.27. The van der Waals surface area contributed by atoms with Crippen molar-refractivity contribution in [2.45, 2.75) is 20.0 Å². The van der Waals surface area contributed by atoms with Crippen LogP contribution in [0, 0.1) is 0 Å². The molecule has 2 N–H and O–H groups in total. The summed E-state index contributed by atoms with van der Waals surface area (Å²) in [5.74, 6) is 1.39. The Bertz CT molecular complexity index is 825. The number of nitrogens with one attached hydrogen (secondary N) is 2. The highest BCUT2D eigenvalue weighted by Crippen LogP contribution is 2.17. The van der Waals surface area contributed by atoms with E-state index in [0.29, 0.717) is 19.0 Å². The number of hydrogen-bond donors (Lipinski definition) is 2. The molecule has 0 aliphatic heterocycles. The zero-order valence-corrected chi connectivity index (χ0v) is 17.3. The van der Waals surface area contributed by atoms with E-state index >= 15 is 0 Å². The van der Waals surface area contributed by atoms with Gasteiger partial charge in [0, 0.05) is 31.5 Å². The molecule has 7 heteroatoms. The summed E-state index contributed by atoms with van der Waals surface area (Å²) in [5, 5.41) is 6.53. The van der Waals surface area contributed by atoms with Crippen LogP contribution in [0.1, 0.15) is 18.2 Å². The fraction of sp³-hybridized carbons (Fsp3) is 0.263. The van der Waals surface area contributed by atoms with Gasteiger partial charge in [0.15, 0.2) is 5.96 Å². The van der Waals surface area contributed by atoms with E-state index in [9.17, 15) is 0 Å². The number of aromatic nitrogens is 2. The molecule has 0 saturated heterocycles. The third-order valence-corrected chi connectivity index (χ3v) is 3.67. The van der Waals surface area contributed by atoms with Crippen LogP contribution in [0.15, 0.2) is 64.5 Å². The minimum atomic E-state index is 0. The van der Waals surface area contributed by atoms with Gasteiger partial charge in [0.05, 0.1) is 18.8 Å². The highest BCUT2D eigenvalue weighted by atomic mass is 127. The Morgan fingerprint density at radius 3 is 2.69 bits per heavy atom. The van der Waals surface area contributed by atoms with E-state index in [1.54, 1.807) is 6.26 Å². The molecule has 3 aromatic rings. The quantitative estimate of drug-likeness (QED) is 0.332. The summed E-state index contributed by atoms with van der Waals surface area (Å²) in [7, 11) is 2.01. The van der Waals surface area contributed by atoms with Crippen LogP contribution in [0.3, 0.4) is 0 Å². The maximum Gasteiger partial charge on any atom is 0.226 e. The van der Waals surface area contributed by atoms with Crippen molar-refractivity contribution >= 4 is 29.9 Å². The molecule has 6 nitrogen and oxygen atoms in total. The number of aryl methyl sites for hydroxylation is 1. The molecule has 0 aliphatic carbocycles. The molecular formula is C19H24IN5O. The highest BCUT2D eigenvalue weighted by molar-refractivity contribution is 14.0. The Balaban J connectivity index is 0.00000243. The van der Waals surface area contributed by atoms with Gasteiger partial charge in [0.2, 0.25) is 5.89 Å². The molecule has 0 amide bonds. The second-order valence-electron chi connectivity index (χ2n) is 5.74. The lowest BCUT2D eigenvalue weighted by Crippen LogP contribution is -2.36. The summed E-state index contributed by atoms with van der Waals surface area (Å²) in [6, 6.07) is 11.9. The van der Waals surface area contributed by atoms with Gasteiger partial charge in [-0.1, -0.05) is 18.2 Å². The molecule has 0 fully saturated rings. The first kappa shape index (κ1) is 20.0. The molecule has 0 saturated carbocycles. The highest BCUT2D eigenvalue weighted by Gasteiger charge is 2.07. The molecule has 26 heavy (non-hydrogen) atoms. The predicted molar refractivity (Wildman–Crippen MR) is 114 cm³/mol. The van der Waals surface area contributed by atoms with Gasteiger partial charge >= 0.3 is 0 Å². The van der Waals surface area contributed by atoms with Crippen molar-refractivity contribution in [1.82, 2.24) is 20.2 Å². The van der Waals surface area contributed by atoms with Gasteiger partial charge in [-0.2, -0.15) is 0 Å². The second-order valence-corrected chi connectivity index (χ2v) is 5.74. The standard InChI is InChI=1S/C19H23N5O.HI/c1-3-20-19(21-11-15-9-10-24(2)13-15)22-12-17-14-25-18(23-17)16-7-5-4-6-8-16;/h4-10,13-14H,3,11-12H2,1-2H3,(H2,20,21,22);1H. The SMILES string of the molecule is CCNC(=NCc1ccn(C)c1)NCc1coc(-c2ccccc2)n1.I. The number of nitrogens with zero attached hydrogens (tertiary/aromatic N) is 3. The van der Waals surface area contributed by atoms with Crippen molar-refractivity contribution in [1.29, 1.82) is 0 Å². The number of aliphatic imine (C=N–C) groups is 1. The normalized spacial score (nSPS) is 11.1. The van der Waals surface area contributed by atoms with E-state index in [-0.39, 0.29) is 24.0 Å². The molecule has 138 valence electrons. The van der Waals surface area contributed by atoms with Crippen LogP contribution in [-0.4, -0.2) is 22.1 Å². The Hall–Kier alpha value is -2.29. The zero-order valence-electron chi connectivity index (χ0n) is 15.0. The van der Waals surface area contributed by atoms with Crippen LogP contribution in [0.25, 0.3) is 11.5 Å². The van der Waals surface area contributed by atoms with Crippen LogP contribution < -0.4 is 10.6 Å². The number of oxazole rings is 1. The topological polar surface area (TPSA) is 67.4 Å². The summed E-state index contributed by atoms with van der Waals surface area (Å²) in [4.78, 5) is 9.12. The lowest BCUT2D eigenvalue weighted by Gasteiger charge is -2.09. The van der Waals surface area contributed by atoms with Crippen molar-refractivity contribution in [2.75, 3.05) is 6.54 Å². The van der Waals surface area contributed by atoms with E-state index in [1.807, 2.05) is 55.1 Å². The number of halogens is 1. The number of hydrogen-bond acceptors (Lipinski definition) is 3. The summed E-state index contributed by atoms with van der Waals surface area (Å²) in [6.45, 7) is 4.03. The van der Waals surface area contributed by atoms with E-state index in [1.165, 1.54) is 5.56 Å². The third kappa shape index (κ3) is 5.62. The molecule has 2 aromatic heterocycles. The maximum atomic E-state index is 5.56. The van der Waals surface area contributed by atoms with Crippen LogP contribution in [0.5, 0.6) is 0 Å². The van der Waals surface area contributed by atoms with Crippen molar-refractivity contribution < 1.29 is 4.42 Å². The van der Waals surface area contributed by atoms with Gasteiger partial charge < -0.3 is 19.6 Å². The second kappa shape index (κ2) is 10.0. The number of guanidine groups is 1. The molecule has 0 spiro atoms. The Labute approximate surface area is 170 Å². The first-order valence-electron chi connectivity index (χ1n) is 8.37. The minimum Gasteiger partial charge on any atom is -0.444 e. The zero-order chi connectivity index (χ0) is 17.5. The lowest BCUT2D eigenvalue weighted by atomic mass is 10.2. The number of benzene rings is 1. The van der Waals surface area contributed by atoms with E-state index in [4.69, 9.17) is 4.42 Å². The maximum absolute atomic E-state index is 5.56. The number of rotatable bonds is 6. The summed E-state index contributed by atoms with van der Waals surface area (Å²) in [6.07, 6.45) is 5.76. The van der Waals surface area contributed by atoms with Gasteiger partial charge in [-0.15, -0.1) is 24.0 Å². The fourth-order valence-corrected chi connectivity index (χ4v) is 2.44. The molecule has 3 rings (SSSR count). The van der Waals surface area contributed by atoms with Crippen molar-refractivity contribution in [3.05, 3.63) is 66.3 Å². The van der Waals surface area contributed by atoms with Crippen LogP contribution in [0.4, 0.5) is 0 Å². The van der Waals surface area contributed by atoms with Crippen LogP contribution in [-0.2, 0) is 20.1 Å². The summed E-state index contributed by atoms with van der Waals surface area (Å²) >= 11 is 0. The third-order valence-electron chi connectivity index (χ3n) is 3.67.